The van der Waals surface area contributed by atoms with Crippen LogP contribution in [0.4, 0.5) is 4.39 Å². The molecule has 0 amide bonds. The van der Waals surface area contributed by atoms with E-state index in [9.17, 15) is 4.39 Å². The number of nitrogens with two attached hydrogens (primary N) is 1. The van der Waals surface area contributed by atoms with Gasteiger partial charge >= 0.3 is 0 Å². The Bertz CT molecular complexity index is 531. The molecule has 2 nitrogen and oxygen atoms in total. The molecule has 0 fully saturated rings. The number of nitrogens with zero attached hydrogens (tertiary/aromatic N) is 1. The highest BCUT2D eigenvalue weighted by Gasteiger charge is 2.07. The van der Waals surface area contributed by atoms with Gasteiger partial charge in [0, 0.05) is 18.4 Å². The number of halogens is 2. The molecule has 1 aromatic carbocycles. The molecule has 0 saturated carbocycles. The SMILES string of the molecule is NC(CCc1cccnc1)Cc1ccc(F)c(Br)c1. The van der Waals surface area contributed by atoms with Crippen LogP contribution in [0.25, 0.3) is 0 Å². The molecule has 100 valence electrons. The van der Waals surface area contributed by atoms with Crippen LogP contribution in [-0.2, 0) is 12.8 Å². The summed E-state index contributed by atoms with van der Waals surface area (Å²) in [5.74, 6) is -0.243. The maximum Gasteiger partial charge on any atom is 0.137 e. The molecule has 0 radical (unpaired) electrons. The molecule has 2 aromatic rings. The van der Waals surface area contributed by atoms with Crippen molar-refractivity contribution in [1.29, 1.82) is 0 Å². The fraction of sp³-hybridized carbons (Fsp3) is 0.267. The average Bonchev–Trinajstić information content (AvgIpc) is 2.42. The van der Waals surface area contributed by atoms with Crippen molar-refractivity contribution < 1.29 is 4.39 Å². The summed E-state index contributed by atoms with van der Waals surface area (Å²) in [5.41, 5.74) is 8.35. The van der Waals surface area contributed by atoms with E-state index in [4.69, 9.17) is 5.73 Å². The number of hydrogen-bond acceptors (Lipinski definition) is 2. The number of benzene rings is 1. The molecular formula is C15H16BrFN2. The van der Waals surface area contributed by atoms with Gasteiger partial charge in [0.1, 0.15) is 5.82 Å². The monoisotopic (exact) mass is 322 g/mol. The minimum atomic E-state index is -0.243. The first-order chi connectivity index (χ1) is 9.15. The van der Waals surface area contributed by atoms with E-state index in [1.165, 1.54) is 11.6 Å². The smallest absolute Gasteiger partial charge is 0.137 e. The van der Waals surface area contributed by atoms with Crippen LogP contribution in [0.5, 0.6) is 0 Å². The summed E-state index contributed by atoms with van der Waals surface area (Å²) in [6.07, 6.45) is 6.18. The van der Waals surface area contributed by atoms with Gasteiger partial charge in [-0.3, -0.25) is 4.98 Å². The highest BCUT2D eigenvalue weighted by molar-refractivity contribution is 9.10. The Hall–Kier alpha value is -1.26. The molecule has 2 N–H and O–H groups in total. The Balaban J connectivity index is 1.87. The van der Waals surface area contributed by atoms with Crippen LogP contribution in [-0.4, -0.2) is 11.0 Å². The molecule has 0 bridgehead atoms. The molecule has 0 spiro atoms. The second kappa shape index (κ2) is 6.78. The predicted molar refractivity (Wildman–Crippen MR) is 78.3 cm³/mol. The van der Waals surface area contributed by atoms with Gasteiger partial charge in [-0.1, -0.05) is 12.1 Å². The standard InChI is InChI=1S/C15H16BrFN2/c16-14-9-12(4-6-15(14)17)8-13(18)5-3-11-2-1-7-19-10-11/h1-2,4,6-7,9-10,13H,3,5,8,18H2. The van der Waals surface area contributed by atoms with E-state index >= 15 is 0 Å². The number of aryl methyl sites for hydroxylation is 1. The lowest BCUT2D eigenvalue weighted by Crippen LogP contribution is -2.23. The molecule has 1 aromatic heterocycles. The quantitative estimate of drug-likeness (QED) is 0.915. The third-order valence-corrected chi connectivity index (χ3v) is 3.62. The zero-order valence-electron chi connectivity index (χ0n) is 10.5. The lowest BCUT2D eigenvalue weighted by atomic mass is 10.0. The fourth-order valence-corrected chi connectivity index (χ4v) is 2.40. The Labute approximate surface area is 121 Å². The number of pyridine rings is 1. The maximum atomic E-state index is 13.1. The van der Waals surface area contributed by atoms with E-state index in [2.05, 4.69) is 20.9 Å². The van der Waals surface area contributed by atoms with Crippen LogP contribution in [0.15, 0.2) is 47.2 Å². The summed E-state index contributed by atoms with van der Waals surface area (Å²) >= 11 is 3.19. The van der Waals surface area contributed by atoms with Crippen LogP contribution >= 0.6 is 15.9 Å². The molecule has 0 saturated heterocycles. The molecule has 19 heavy (non-hydrogen) atoms. The van der Waals surface area contributed by atoms with Crippen molar-refractivity contribution >= 4 is 15.9 Å². The van der Waals surface area contributed by atoms with Gasteiger partial charge in [-0.15, -0.1) is 0 Å². The van der Waals surface area contributed by atoms with Crippen LogP contribution in [0.1, 0.15) is 17.5 Å². The number of rotatable bonds is 5. The van der Waals surface area contributed by atoms with Crippen molar-refractivity contribution in [2.24, 2.45) is 5.73 Å². The van der Waals surface area contributed by atoms with Crippen molar-refractivity contribution in [1.82, 2.24) is 4.98 Å². The third-order valence-electron chi connectivity index (χ3n) is 3.01. The average molecular weight is 323 g/mol. The zero-order valence-corrected chi connectivity index (χ0v) is 12.1. The molecule has 1 atom stereocenters. The first-order valence-electron chi connectivity index (χ1n) is 6.23. The van der Waals surface area contributed by atoms with E-state index in [-0.39, 0.29) is 11.9 Å². The Morgan fingerprint density at radius 3 is 2.79 bits per heavy atom. The van der Waals surface area contributed by atoms with Gasteiger partial charge in [0.25, 0.3) is 0 Å². The minimum absolute atomic E-state index is 0.0672. The maximum absolute atomic E-state index is 13.1. The fourth-order valence-electron chi connectivity index (χ4n) is 1.97. The highest BCUT2D eigenvalue weighted by atomic mass is 79.9. The topological polar surface area (TPSA) is 38.9 Å². The molecule has 2 rings (SSSR count). The van der Waals surface area contributed by atoms with Crippen LogP contribution in [0, 0.1) is 5.82 Å². The summed E-state index contributed by atoms with van der Waals surface area (Å²) in [6.45, 7) is 0. The van der Waals surface area contributed by atoms with Crippen molar-refractivity contribution in [2.75, 3.05) is 0 Å². The second-order valence-electron chi connectivity index (χ2n) is 4.61. The van der Waals surface area contributed by atoms with Gasteiger partial charge in [-0.05, 0) is 64.5 Å². The van der Waals surface area contributed by atoms with E-state index in [0.717, 1.165) is 24.8 Å². The van der Waals surface area contributed by atoms with Crippen molar-refractivity contribution in [3.63, 3.8) is 0 Å². The molecular weight excluding hydrogens is 307 g/mol. The summed E-state index contributed by atoms with van der Waals surface area (Å²) in [4.78, 5) is 4.08. The first-order valence-corrected chi connectivity index (χ1v) is 7.03. The Morgan fingerprint density at radius 2 is 2.11 bits per heavy atom. The molecule has 1 heterocycles. The normalized spacial score (nSPS) is 12.4. The lowest BCUT2D eigenvalue weighted by molar-refractivity contribution is 0.602. The van der Waals surface area contributed by atoms with Crippen LogP contribution in [0.2, 0.25) is 0 Å². The van der Waals surface area contributed by atoms with Gasteiger partial charge in [0.2, 0.25) is 0 Å². The van der Waals surface area contributed by atoms with Crippen LogP contribution in [0.3, 0.4) is 0 Å². The van der Waals surface area contributed by atoms with E-state index in [0.29, 0.717) is 4.47 Å². The summed E-state index contributed by atoms with van der Waals surface area (Å²) in [6, 6.07) is 9.08. The van der Waals surface area contributed by atoms with Crippen molar-refractivity contribution in [3.05, 3.63) is 64.1 Å². The molecule has 1 unspecified atom stereocenters. The number of hydrogen-bond donors (Lipinski definition) is 1. The zero-order chi connectivity index (χ0) is 13.7. The van der Waals surface area contributed by atoms with Crippen LogP contribution < -0.4 is 5.73 Å². The van der Waals surface area contributed by atoms with E-state index < -0.39 is 0 Å². The summed E-state index contributed by atoms with van der Waals surface area (Å²) in [5, 5.41) is 0. The van der Waals surface area contributed by atoms with Gasteiger partial charge in [-0.2, -0.15) is 0 Å². The lowest BCUT2D eigenvalue weighted by Gasteiger charge is -2.12. The first kappa shape index (κ1) is 14.2. The third kappa shape index (κ3) is 4.40. The largest absolute Gasteiger partial charge is 0.327 e. The van der Waals surface area contributed by atoms with Crippen molar-refractivity contribution in [2.45, 2.75) is 25.3 Å². The molecule has 0 aliphatic heterocycles. The summed E-state index contributed by atoms with van der Waals surface area (Å²) < 4.78 is 13.6. The highest BCUT2D eigenvalue weighted by Crippen LogP contribution is 2.18. The second-order valence-corrected chi connectivity index (χ2v) is 5.47. The van der Waals surface area contributed by atoms with Gasteiger partial charge < -0.3 is 5.73 Å². The molecule has 4 heteroatoms. The van der Waals surface area contributed by atoms with Gasteiger partial charge in [-0.25, -0.2) is 4.39 Å². The predicted octanol–water partition coefficient (Wildman–Crippen LogP) is 3.49. The molecule has 0 aliphatic rings. The van der Waals surface area contributed by atoms with E-state index in [1.807, 2.05) is 18.3 Å². The number of aromatic nitrogens is 1. The Kier molecular flexibility index (Phi) is 5.05. The van der Waals surface area contributed by atoms with Gasteiger partial charge in [0.05, 0.1) is 4.47 Å². The minimum Gasteiger partial charge on any atom is -0.327 e. The van der Waals surface area contributed by atoms with Crippen molar-refractivity contribution in [3.8, 4) is 0 Å². The van der Waals surface area contributed by atoms with Gasteiger partial charge in [0.15, 0.2) is 0 Å². The molecule has 0 aliphatic carbocycles. The Morgan fingerprint density at radius 1 is 1.26 bits per heavy atom. The summed E-state index contributed by atoms with van der Waals surface area (Å²) in [7, 11) is 0. The van der Waals surface area contributed by atoms with E-state index in [1.54, 1.807) is 18.3 Å².